The third-order valence-electron chi connectivity index (χ3n) is 3.67. The van der Waals surface area contributed by atoms with E-state index in [-0.39, 0.29) is 5.91 Å². The van der Waals surface area contributed by atoms with E-state index in [9.17, 15) is 4.79 Å². The topological polar surface area (TPSA) is 72.7 Å². The van der Waals surface area contributed by atoms with E-state index in [0.717, 1.165) is 10.8 Å². The molecule has 0 saturated heterocycles. The second-order valence-electron chi connectivity index (χ2n) is 5.22. The summed E-state index contributed by atoms with van der Waals surface area (Å²) in [6.07, 6.45) is 8.17. The van der Waals surface area contributed by atoms with Gasteiger partial charge in [0.2, 0.25) is 5.95 Å². The summed E-state index contributed by atoms with van der Waals surface area (Å²) in [5.41, 5.74) is 1.16. The normalized spacial score (nSPS) is 10.7. The Morgan fingerprint density at radius 2 is 1.79 bits per heavy atom. The molecule has 4 aromatic rings. The molecule has 24 heavy (non-hydrogen) atoms. The van der Waals surface area contributed by atoms with Crippen LogP contribution in [0.2, 0.25) is 0 Å². The molecule has 116 valence electrons. The average molecular weight is 315 g/mol. The number of benzene rings is 2. The number of amides is 1. The van der Waals surface area contributed by atoms with Gasteiger partial charge in [-0.2, -0.15) is 0 Å². The highest BCUT2D eigenvalue weighted by Crippen LogP contribution is 2.19. The molecule has 6 heteroatoms. The van der Waals surface area contributed by atoms with Gasteiger partial charge in [0.05, 0.1) is 18.1 Å². The maximum absolute atomic E-state index is 12.6. The molecule has 0 unspecified atom stereocenters. The van der Waals surface area contributed by atoms with Gasteiger partial charge in [0.25, 0.3) is 5.91 Å². The van der Waals surface area contributed by atoms with Crippen molar-refractivity contribution in [1.82, 2.24) is 19.5 Å². The van der Waals surface area contributed by atoms with Crippen molar-refractivity contribution in [2.45, 2.75) is 0 Å². The number of anilines is 1. The molecule has 2 aromatic carbocycles. The number of imidazole rings is 1. The summed E-state index contributed by atoms with van der Waals surface area (Å²) in [6.45, 7) is 0. The largest absolute Gasteiger partial charge is 0.319 e. The fourth-order valence-corrected chi connectivity index (χ4v) is 2.52. The van der Waals surface area contributed by atoms with E-state index in [1.54, 1.807) is 41.7 Å². The van der Waals surface area contributed by atoms with Crippen LogP contribution in [0.15, 0.2) is 73.6 Å². The van der Waals surface area contributed by atoms with Crippen LogP contribution < -0.4 is 5.32 Å². The quantitative estimate of drug-likeness (QED) is 0.630. The van der Waals surface area contributed by atoms with Crippen LogP contribution in [0.3, 0.4) is 0 Å². The molecule has 4 rings (SSSR count). The highest BCUT2D eigenvalue weighted by Gasteiger charge is 2.10. The van der Waals surface area contributed by atoms with Gasteiger partial charge in [0.15, 0.2) is 0 Å². The molecule has 1 amide bonds. The number of nitrogens with zero attached hydrogens (tertiary/aromatic N) is 4. The van der Waals surface area contributed by atoms with Gasteiger partial charge in [0.1, 0.15) is 6.33 Å². The zero-order chi connectivity index (χ0) is 16.4. The lowest BCUT2D eigenvalue weighted by Gasteiger charge is -2.08. The van der Waals surface area contributed by atoms with Gasteiger partial charge in [-0.1, -0.05) is 36.4 Å². The van der Waals surface area contributed by atoms with Gasteiger partial charge in [-0.15, -0.1) is 0 Å². The van der Waals surface area contributed by atoms with E-state index in [2.05, 4.69) is 20.3 Å². The predicted octanol–water partition coefficient (Wildman–Crippen LogP) is 3.07. The Bertz CT molecular complexity index is 988. The van der Waals surface area contributed by atoms with Crippen molar-refractivity contribution in [3.05, 3.63) is 79.1 Å². The molecule has 1 N–H and O–H groups in total. The highest BCUT2D eigenvalue weighted by atomic mass is 16.1. The van der Waals surface area contributed by atoms with Crippen molar-refractivity contribution in [3.8, 4) is 5.95 Å². The molecule has 0 atom stereocenters. The number of rotatable bonds is 3. The Morgan fingerprint density at radius 3 is 2.58 bits per heavy atom. The minimum atomic E-state index is -0.189. The van der Waals surface area contributed by atoms with Crippen LogP contribution in [0.5, 0.6) is 0 Å². The first-order chi connectivity index (χ1) is 11.8. The monoisotopic (exact) mass is 315 g/mol. The van der Waals surface area contributed by atoms with E-state index in [1.165, 1.54) is 0 Å². The molecule has 2 aromatic heterocycles. The van der Waals surface area contributed by atoms with Crippen LogP contribution in [-0.4, -0.2) is 25.4 Å². The Hall–Kier alpha value is -3.54. The standard InChI is InChI=1S/C18H13N5O/c24-17(16-7-3-5-13-4-1-2-6-15(13)16)22-14-10-20-18(21-11-14)23-9-8-19-12-23/h1-12H,(H,22,24). The lowest BCUT2D eigenvalue weighted by Crippen LogP contribution is -2.13. The van der Waals surface area contributed by atoms with Crippen molar-refractivity contribution in [1.29, 1.82) is 0 Å². The fourth-order valence-electron chi connectivity index (χ4n) is 2.52. The molecule has 0 bridgehead atoms. The predicted molar refractivity (Wildman–Crippen MR) is 91.1 cm³/mol. The van der Waals surface area contributed by atoms with Gasteiger partial charge >= 0.3 is 0 Å². The molecule has 0 saturated carbocycles. The molecular formula is C18H13N5O. The Labute approximate surface area is 137 Å². The molecule has 0 aliphatic carbocycles. The van der Waals surface area contributed by atoms with Crippen LogP contribution in [0.4, 0.5) is 5.69 Å². The zero-order valence-electron chi connectivity index (χ0n) is 12.6. The van der Waals surface area contributed by atoms with Crippen molar-refractivity contribution in [3.63, 3.8) is 0 Å². The van der Waals surface area contributed by atoms with Gasteiger partial charge in [-0.25, -0.2) is 15.0 Å². The molecule has 0 aliphatic heterocycles. The van der Waals surface area contributed by atoms with Crippen LogP contribution in [0.25, 0.3) is 16.7 Å². The Morgan fingerprint density at radius 1 is 1.00 bits per heavy atom. The van der Waals surface area contributed by atoms with Crippen LogP contribution in [0.1, 0.15) is 10.4 Å². The SMILES string of the molecule is O=C(Nc1cnc(-n2ccnc2)nc1)c1cccc2ccccc12. The van der Waals surface area contributed by atoms with Gasteiger partial charge in [-0.05, 0) is 16.8 Å². The van der Waals surface area contributed by atoms with Crippen molar-refractivity contribution < 1.29 is 4.79 Å². The molecule has 6 nitrogen and oxygen atoms in total. The van der Waals surface area contributed by atoms with Gasteiger partial charge in [-0.3, -0.25) is 9.36 Å². The van der Waals surface area contributed by atoms with E-state index in [0.29, 0.717) is 17.2 Å². The van der Waals surface area contributed by atoms with Crippen molar-refractivity contribution >= 4 is 22.4 Å². The lowest BCUT2D eigenvalue weighted by atomic mass is 10.0. The number of nitrogens with one attached hydrogen (secondary N) is 1. The Balaban J connectivity index is 1.59. The maximum Gasteiger partial charge on any atom is 0.256 e. The summed E-state index contributed by atoms with van der Waals surface area (Å²) in [7, 11) is 0. The zero-order valence-corrected chi connectivity index (χ0v) is 12.6. The number of carbonyl (C=O) groups is 1. The average Bonchev–Trinajstić information content (AvgIpc) is 3.16. The summed E-state index contributed by atoms with van der Waals surface area (Å²) in [5.74, 6) is 0.307. The maximum atomic E-state index is 12.6. The third kappa shape index (κ3) is 2.61. The molecule has 0 aliphatic rings. The molecule has 0 fully saturated rings. The van der Waals surface area contributed by atoms with E-state index in [4.69, 9.17) is 0 Å². The second-order valence-corrected chi connectivity index (χ2v) is 5.22. The van der Waals surface area contributed by atoms with Crippen molar-refractivity contribution in [2.75, 3.05) is 5.32 Å². The van der Waals surface area contributed by atoms with Gasteiger partial charge < -0.3 is 5.32 Å². The number of carbonyl (C=O) groups excluding carboxylic acids is 1. The number of hydrogen-bond donors (Lipinski definition) is 1. The first kappa shape index (κ1) is 14.1. The summed E-state index contributed by atoms with van der Waals surface area (Å²) < 4.78 is 1.69. The molecule has 0 radical (unpaired) electrons. The fraction of sp³-hybridized carbons (Fsp3) is 0. The second kappa shape index (κ2) is 5.92. The minimum Gasteiger partial charge on any atom is -0.319 e. The minimum absolute atomic E-state index is 0.189. The summed E-state index contributed by atoms with van der Waals surface area (Å²) in [5, 5.41) is 4.77. The number of fused-ring (bicyclic) bond motifs is 1. The van der Waals surface area contributed by atoms with Gasteiger partial charge in [0, 0.05) is 18.0 Å². The molecule has 0 spiro atoms. The van der Waals surface area contributed by atoms with Crippen molar-refractivity contribution in [2.24, 2.45) is 0 Å². The molecular weight excluding hydrogens is 302 g/mol. The van der Waals surface area contributed by atoms with E-state index < -0.39 is 0 Å². The Kier molecular flexibility index (Phi) is 3.47. The summed E-state index contributed by atoms with van der Waals surface area (Å²) in [6, 6.07) is 13.4. The lowest BCUT2D eigenvalue weighted by molar-refractivity contribution is 0.102. The van der Waals surface area contributed by atoms with E-state index in [1.807, 2.05) is 36.4 Å². The smallest absolute Gasteiger partial charge is 0.256 e. The summed E-state index contributed by atoms with van der Waals surface area (Å²) >= 11 is 0. The third-order valence-corrected chi connectivity index (χ3v) is 3.67. The van der Waals surface area contributed by atoms with E-state index >= 15 is 0 Å². The first-order valence-electron chi connectivity index (χ1n) is 7.41. The number of aromatic nitrogens is 4. The molecule has 2 heterocycles. The van der Waals surface area contributed by atoms with Crippen LogP contribution in [-0.2, 0) is 0 Å². The number of hydrogen-bond acceptors (Lipinski definition) is 4. The van der Waals surface area contributed by atoms with Crippen LogP contribution in [0, 0.1) is 0 Å². The summed E-state index contributed by atoms with van der Waals surface area (Å²) in [4.78, 5) is 25.0. The highest BCUT2D eigenvalue weighted by molar-refractivity contribution is 6.12. The first-order valence-corrected chi connectivity index (χ1v) is 7.41. The van der Waals surface area contributed by atoms with Crippen LogP contribution >= 0.6 is 0 Å².